The predicted octanol–water partition coefficient (Wildman–Crippen LogP) is 2.06. The van der Waals surface area contributed by atoms with Crippen molar-refractivity contribution in [3.05, 3.63) is 36.7 Å². The number of nitrogens with one attached hydrogen (secondary N) is 1. The summed E-state index contributed by atoms with van der Waals surface area (Å²) in [4.78, 5) is 23.2. The van der Waals surface area contributed by atoms with Crippen LogP contribution in [0.1, 0.15) is 12.8 Å². The Labute approximate surface area is 139 Å². The SMILES string of the molecule is O=C(Nc1ccc2c(c1)OCO2)[C@H]1CCCN(c2ncccn2)C1. The first kappa shape index (κ1) is 14.7. The molecule has 7 heteroatoms. The van der Waals surface area contributed by atoms with Crippen molar-refractivity contribution >= 4 is 17.5 Å². The molecule has 3 heterocycles. The second kappa shape index (κ2) is 6.35. The lowest BCUT2D eigenvalue weighted by Crippen LogP contribution is -2.41. The topological polar surface area (TPSA) is 76.6 Å². The van der Waals surface area contributed by atoms with Crippen LogP contribution in [-0.2, 0) is 4.79 Å². The highest BCUT2D eigenvalue weighted by atomic mass is 16.7. The second-order valence-corrected chi connectivity index (χ2v) is 5.89. The Kier molecular flexibility index (Phi) is 3.90. The zero-order valence-corrected chi connectivity index (χ0v) is 13.1. The summed E-state index contributed by atoms with van der Waals surface area (Å²) in [6.07, 6.45) is 5.24. The third kappa shape index (κ3) is 2.97. The van der Waals surface area contributed by atoms with Crippen LogP contribution in [-0.4, -0.2) is 35.8 Å². The molecule has 1 N–H and O–H groups in total. The molecular weight excluding hydrogens is 308 g/mol. The summed E-state index contributed by atoms with van der Waals surface area (Å²) in [7, 11) is 0. The Bertz CT molecular complexity index is 738. The maximum absolute atomic E-state index is 12.6. The third-order valence-corrected chi connectivity index (χ3v) is 4.27. The van der Waals surface area contributed by atoms with Crippen molar-refractivity contribution in [3.63, 3.8) is 0 Å². The first-order valence-corrected chi connectivity index (χ1v) is 8.02. The number of carbonyl (C=O) groups excluding carboxylic acids is 1. The molecule has 1 saturated heterocycles. The summed E-state index contributed by atoms with van der Waals surface area (Å²) < 4.78 is 10.6. The van der Waals surface area contributed by atoms with Crippen molar-refractivity contribution in [2.24, 2.45) is 5.92 Å². The van der Waals surface area contributed by atoms with Gasteiger partial charge in [0.05, 0.1) is 5.92 Å². The van der Waals surface area contributed by atoms with E-state index in [0.717, 1.165) is 25.1 Å². The molecule has 124 valence electrons. The van der Waals surface area contributed by atoms with Gasteiger partial charge in [-0.2, -0.15) is 0 Å². The van der Waals surface area contributed by atoms with Crippen LogP contribution in [0.15, 0.2) is 36.7 Å². The van der Waals surface area contributed by atoms with E-state index in [2.05, 4.69) is 20.2 Å². The first-order chi connectivity index (χ1) is 11.8. The van der Waals surface area contributed by atoms with Gasteiger partial charge in [0.2, 0.25) is 18.6 Å². The van der Waals surface area contributed by atoms with Gasteiger partial charge in [0.1, 0.15) is 0 Å². The Morgan fingerprint density at radius 3 is 2.92 bits per heavy atom. The van der Waals surface area contributed by atoms with Crippen LogP contribution in [0.5, 0.6) is 11.5 Å². The number of hydrogen-bond donors (Lipinski definition) is 1. The van der Waals surface area contributed by atoms with Gasteiger partial charge in [-0.15, -0.1) is 0 Å². The van der Waals surface area contributed by atoms with E-state index < -0.39 is 0 Å². The molecule has 0 unspecified atom stereocenters. The van der Waals surface area contributed by atoms with Crippen LogP contribution in [0.2, 0.25) is 0 Å². The molecule has 1 aromatic heterocycles. The number of aromatic nitrogens is 2. The lowest BCUT2D eigenvalue weighted by molar-refractivity contribution is -0.120. The summed E-state index contributed by atoms with van der Waals surface area (Å²) >= 11 is 0. The average molecular weight is 326 g/mol. The number of amides is 1. The quantitative estimate of drug-likeness (QED) is 0.930. The highest BCUT2D eigenvalue weighted by Crippen LogP contribution is 2.34. The number of rotatable bonds is 3. The number of anilines is 2. The van der Waals surface area contributed by atoms with E-state index in [1.54, 1.807) is 24.5 Å². The number of nitrogens with zero attached hydrogens (tertiary/aromatic N) is 3. The summed E-state index contributed by atoms with van der Waals surface area (Å²) in [5.41, 5.74) is 0.720. The minimum absolute atomic E-state index is 0.00879. The van der Waals surface area contributed by atoms with Crippen molar-refractivity contribution in [2.75, 3.05) is 30.1 Å². The van der Waals surface area contributed by atoms with E-state index in [4.69, 9.17) is 9.47 Å². The zero-order valence-electron chi connectivity index (χ0n) is 13.1. The minimum atomic E-state index is -0.0898. The van der Waals surface area contributed by atoms with Gasteiger partial charge in [-0.3, -0.25) is 4.79 Å². The number of ether oxygens (including phenoxy) is 2. The van der Waals surface area contributed by atoms with Crippen molar-refractivity contribution in [1.29, 1.82) is 0 Å². The Hall–Kier alpha value is -2.83. The lowest BCUT2D eigenvalue weighted by Gasteiger charge is -2.31. The number of piperidine rings is 1. The van der Waals surface area contributed by atoms with E-state index in [-0.39, 0.29) is 18.6 Å². The molecule has 1 fully saturated rings. The van der Waals surface area contributed by atoms with E-state index in [1.807, 2.05) is 12.1 Å². The van der Waals surface area contributed by atoms with Crippen molar-refractivity contribution in [2.45, 2.75) is 12.8 Å². The van der Waals surface area contributed by atoms with Crippen LogP contribution in [0, 0.1) is 5.92 Å². The van der Waals surface area contributed by atoms with Gasteiger partial charge in [-0.05, 0) is 31.0 Å². The molecule has 2 aliphatic heterocycles. The van der Waals surface area contributed by atoms with Gasteiger partial charge < -0.3 is 19.7 Å². The van der Waals surface area contributed by atoms with Crippen LogP contribution < -0.4 is 19.7 Å². The first-order valence-electron chi connectivity index (χ1n) is 8.02. The molecule has 0 saturated carbocycles. The molecule has 0 radical (unpaired) electrons. The van der Waals surface area contributed by atoms with Crippen LogP contribution in [0.4, 0.5) is 11.6 Å². The summed E-state index contributed by atoms with van der Waals surface area (Å²) in [5, 5.41) is 2.97. The van der Waals surface area contributed by atoms with Crippen molar-refractivity contribution in [3.8, 4) is 11.5 Å². The van der Waals surface area contributed by atoms with Gasteiger partial charge in [-0.1, -0.05) is 0 Å². The summed E-state index contributed by atoms with van der Waals surface area (Å²) in [5.74, 6) is 1.97. The fraction of sp³-hybridized carbons (Fsp3) is 0.353. The monoisotopic (exact) mass is 326 g/mol. The molecule has 7 nitrogen and oxygen atoms in total. The molecule has 0 bridgehead atoms. The molecule has 1 aromatic carbocycles. The molecule has 2 aromatic rings. The average Bonchev–Trinajstić information content (AvgIpc) is 3.10. The maximum Gasteiger partial charge on any atom is 0.231 e. The normalized spacial score (nSPS) is 19.2. The van der Waals surface area contributed by atoms with Crippen LogP contribution >= 0.6 is 0 Å². The fourth-order valence-electron chi connectivity index (χ4n) is 3.05. The number of fused-ring (bicyclic) bond motifs is 1. The van der Waals surface area contributed by atoms with E-state index in [1.165, 1.54) is 0 Å². The molecule has 4 rings (SSSR count). The van der Waals surface area contributed by atoms with Gasteiger partial charge in [-0.25, -0.2) is 9.97 Å². The highest BCUT2D eigenvalue weighted by Gasteiger charge is 2.27. The molecule has 1 amide bonds. The van der Waals surface area contributed by atoms with E-state index >= 15 is 0 Å². The molecular formula is C17H18N4O3. The van der Waals surface area contributed by atoms with Crippen LogP contribution in [0.3, 0.4) is 0 Å². The number of carbonyl (C=O) groups is 1. The maximum atomic E-state index is 12.6. The highest BCUT2D eigenvalue weighted by molar-refractivity contribution is 5.93. The predicted molar refractivity (Wildman–Crippen MR) is 88.2 cm³/mol. The largest absolute Gasteiger partial charge is 0.454 e. The molecule has 0 spiro atoms. The minimum Gasteiger partial charge on any atom is -0.454 e. The lowest BCUT2D eigenvalue weighted by atomic mass is 9.97. The molecule has 24 heavy (non-hydrogen) atoms. The Morgan fingerprint density at radius 2 is 2.04 bits per heavy atom. The van der Waals surface area contributed by atoms with Gasteiger partial charge in [0.15, 0.2) is 11.5 Å². The standard InChI is InChI=1S/C17H18N4O3/c22-16(20-13-4-5-14-15(9-13)24-11-23-14)12-3-1-8-21(10-12)17-18-6-2-7-19-17/h2,4-7,9,12H,1,3,8,10-11H2,(H,20,22)/t12-/m0/s1. The third-order valence-electron chi connectivity index (χ3n) is 4.27. The number of hydrogen-bond acceptors (Lipinski definition) is 6. The Balaban J connectivity index is 1.42. The van der Waals surface area contributed by atoms with Gasteiger partial charge in [0, 0.05) is 37.2 Å². The van der Waals surface area contributed by atoms with Gasteiger partial charge in [0.25, 0.3) is 0 Å². The fourth-order valence-corrected chi connectivity index (χ4v) is 3.05. The van der Waals surface area contributed by atoms with Crippen molar-refractivity contribution < 1.29 is 14.3 Å². The summed E-state index contributed by atoms with van der Waals surface area (Å²) in [6, 6.07) is 7.22. The Morgan fingerprint density at radius 1 is 1.21 bits per heavy atom. The molecule has 2 aliphatic rings. The van der Waals surface area contributed by atoms with Gasteiger partial charge >= 0.3 is 0 Å². The molecule has 0 aliphatic carbocycles. The van der Waals surface area contributed by atoms with E-state index in [0.29, 0.717) is 24.0 Å². The molecule has 1 atom stereocenters. The number of benzene rings is 1. The van der Waals surface area contributed by atoms with E-state index in [9.17, 15) is 4.79 Å². The smallest absolute Gasteiger partial charge is 0.231 e. The van der Waals surface area contributed by atoms with Crippen molar-refractivity contribution in [1.82, 2.24) is 9.97 Å². The zero-order chi connectivity index (χ0) is 16.4. The summed E-state index contributed by atoms with van der Waals surface area (Å²) in [6.45, 7) is 1.72. The second-order valence-electron chi connectivity index (χ2n) is 5.89. The van der Waals surface area contributed by atoms with Crippen LogP contribution in [0.25, 0.3) is 0 Å².